The fourth-order valence-electron chi connectivity index (χ4n) is 3.97. The van der Waals surface area contributed by atoms with Crippen molar-refractivity contribution in [1.82, 2.24) is 25.0 Å². The molecule has 2 unspecified atom stereocenters. The molecule has 0 radical (unpaired) electrons. The van der Waals surface area contributed by atoms with Crippen molar-refractivity contribution in [2.24, 2.45) is 0 Å². The second kappa shape index (κ2) is 7.32. The molecular weight excluding hydrogens is 357 g/mol. The maximum absolute atomic E-state index is 13.1. The number of aromatic nitrogens is 3. The van der Waals surface area contributed by atoms with Crippen LogP contribution in [0.4, 0.5) is 4.39 Å². The van der Waals surface area contributed by atoms with Crippen LogP contribution in [0.15, 0.2) is 24.3 Å². The Morgan fingerprint density at radius 3 is 2.46 bits per heavy atom. The van der Waals surface area contributed by atoms with Crippen molar-refractivity contribution < 1.29 is 9.18 Å². The Labute approximate surface area is 158 Å². The summed E-state index contributed by atoms with van der Waals surface area (Å²) < 4.78 is 14.7. The average molecular weight is 380 g/mol. The van der Waals surface area contributed by atoms with Gasteiger partial charge in [-0.2, -0.15) is 0 Å². The SMILES string of the molecule is Cc1nc(C(=O)N(C)C2CC3CCC(C2)N3)nn1-c1ccc(F)cc1.Cl. The molecule has 1 amide bonds. The van der Waals surface area contributed by atoms with Crippen molar-refractivity contribution in [1.29, 1.82) is 0 Å². The lowest BCUT2D eigenvalue weighted by molar-refractivity contribution is 0.0669. The zero-order valence-electron chi connectivity index (χ0n) is 14.9. The Morgan fingerprint density at radius 1 is 1.23 bits per heavy atom. The average Bonchev–Trinajstić information content (AvgIpc) is 3.16. The summed E-state index contributed by atoms with van der Waals surface area (Å²) in [7, 11) is 1.84. The first-order valence-corrected chi connectivity index (χ1v) is 8.74. The fourth-order valence-corrected chi connectivity index (χ4v) is 3.97. The molecule has 8 heteroatoms. The van der Waals surface area contributed by atoms with Crippen molar-refractivity contribution in [3.63, 3.8) is 0 Å². The molecule has 2 fully saturated rings. The molecule has 6 nitrogen and oxygen atoms in total. The highest BCUT2D eigenvalue weighted by Crippen LogP contribution is 2.29. The third-order valence-corrected chi connectivity index (χ3v) is 5.35. The molecule has 2 atom stereocenters. The maximum atomic E-state index is 13.1. The predicted molar refractivity (Wildman–Crippen MR) is 98.4 cm³/mol. The molecular formula is C18H23ClFN5O. The van der Waals surface area contributed by atoms with Crippen LogP contribution < -0.4 is 5.32 Å². The van der Waals surface area contributed by atoms with Gasteiger partial charge in [-0.05, 0) is 56.9 Å². The van der Waals surface area contributed by atoms with Gasteiger partial charge in [0, 0.05) is 25.2 Å². The van der Waals surface area contributed by atoms with E-state index in [9.17, 15) is 9.18 Å². The van der Waals surface area contributed by atoms with Crippen LogP contribution in [0.25, 0.3) is 5.69 Å². The van der Waals surface area contributed by atoms with Crippen molar-refractivity contribution in [2.45, 2.75) is 50.7 Å². The number of rotatable bonds is 3. The minimum Gasteiger partial charge on any atom is -0.336 e. The monoisotopic (exact) mass is 379 g/mol. The van der Waals surface area contributed by atoms with E-state index in [1.807, 2.05) is 7.05 Å². The van der Waals surface area contributed by atoms with E-state index in [1.54, 1.807) is 28.6 Å². The first-order chi connectivity index (χ1) is 12.0. The second-order valence-electron chi connectivity index (χ2n) is 7.05. The molecule has 2 saturated heterocycles. The Kier molecular flexibility index (Phi) is 5.29. The van der Waals surface area contributed by atoms with Gasteiger partial charge < -0.3 is 10.2 Å². The highest BCUT2D eigenvalue weighted by Gasteiger charge is 2.37. The Balaban J connectivity index is 0.00000196. The minimum atomic E-state index is -0.307. The minimum absolute atomic E-state index is 0. The number of hydrogen-bond acceptors (Lipinski definition) is 4. The van der Waals surface area contributed by atoms with Gasteiger partial charge in [0.2, 0.25) is 5.82 Å². The van der Waals surface area contributed by atoms with Crippen LogP contribution in [-0.4, -0.2) is 50.7 Å². The van der Waals surface area contributed by atoms with Crippen molar-refractivity contribution in [3.05, 3.63) is 41.7 Å². The van der Waals surface area contributed by atoms with E-state index in [1.165, 1.54) is 25.0 Å². The number of carbonyl (C=O) groups is 1. The predicted octanol–water partition coefficient (Wildman–Crippen LogP) is 2.49. The second-order valence-corrected chi connectivity index (χ2v) is 7.05. The van der Waals surface area contributed by atoms with E-state index in [2.05, 4.69) is 15.4 Å². The van der Waals surface area contributed by atoms with E-state index >= 15 is 0 Å². The number of carbonyl (C=O) groups excluding carboxylic acids is 1. The van der Waals surface area contributed by atoms with Gasteiger partial charge in [0.05, 0.1) is 5.69 Å². The summed E-state index contributed by atoms with van der Waals surface area (Å²) in [5, 5.41) is 7.94. The lowest BCUT2D eigenvalue weighted by atomic mass is 9.98. The number of halogens is 2. The maximum Gasteiger partial charge on any atom is 0.293 e. The van der Waals surface area contributed by atoms with Gasteiger partial charge in [-0.3, -0.25) is 4.79 Å². The molecule has 140 valence electrons. The number of nitrogens with one attached hydrogen (secondary N) is 1. The van der Waals surface area contributed by atoms with Crippen molar-refractivity contribution in [2.75, 3.05) is 7.05 Å². The zero-order valence-corrected chi connectivity index (χ0v) is 15.7. The Morgan fingerprint density at radius 2 is 1.85 bits per heavy atom. The molecule has 0 saturated carbocycles. The summed E-state index contributed by atoms with van der Waals surface area (Å²) in [6, 6.07) is 7.25. The number of nitrogens with zero attached hydrogens (tertiary/aromatic N) is 4. The van der Waals surface area contributed by atoms with E-state index in [4.69, 9.17) is 0 Å². The third kappa shape index (κ3) is 3.46. The zero-order chi connectivity index (χ0) is 17.6. The summed E-state index contributed by atoms with van der Waals surface area (Å²) in [4.78, 5) is 19.0. The highest BCUT2D eigenvalue weighted by atomic mass is 35.5. The lowest BCUT2D eigenvalue weighted by Crippen LogP contribution is -2.48. The van der Waals surface area contributed by atoms with Crippen molar-refractivity contribution >= 4 is 18.3 Å². The van der Waals surface area contributed by atoms with Gasteiger partial charge in [-0.1, -0.05) is 0 Å². The van der Waals surface area contributed by atoms with Gasteiger partial charge in [0.25, 0.3) is 5.91 Å². The summed E-state index contributed by atoms with van der Waals surface area (Å²) in [5.74, 6) is 0.331. The number of fused-ring (bicyclic) bond motifs is 2. The molecule has 1 aromatic heterocycles. The number of benzene rings is 1. The molecule has 1 N–H and O–H groups in total. The Hall–Kier alpha value is -1.99. The van der Waals surface area contributed by atoms with E-state index in [0.29, 0.717) is 23.6 Å². The first-order valence-electron chi connectivity index (χ1n) is 8.74. The number of piperidine rings is 1. The third-order valence-electron chi connectivity index (χ3n) is 5.35. The summed E-state index contributed by atoms with van der Waals surface area (Å²) in [5.41, 5.74) is 0.688. The first kappa shape index (κ1) is 18.8. The Bertz CT molecular complexity index is 781. The van der Waals surface area contributed by atoms with E-state index < -0.39 is 0 Å². The van der Waals surface area contributed by atoms with Gasteiger partial charge in [0.15, 0.2) is 0 Å². The molecule has 2 bridgehead atoms. The van der Waals surface area contributed by atoms with Crippen LogP contribution in [-0.2, 0) is 0 Å². The molecule has 1 aromatic carbocycles. The lowest BCUT2D eigenvalue weighted by Gasteiger charge is -2.35. The topological polar surface area (TPSA) is 63.1 Å². The van der Waals surface area contributed by atoms with Gasteiger partial charge in [0.1, 0.15) is 11.6 Å². The highest BCUT2D eigenvalue weighted by molar-refractivity contribution is 5.90. The number of hydrogen-bond donors (Lipinski definition) is 1. The van der Waals surface area contributed by atoms with Crippen molar-refractivity contribution in [3.8, 4) is 5.69 Å². The molecule has 2 aromatic rings. The van der Waals surface area contributed by atoms with E-state index in [0.717, 1.165) is 12.8 Å². The quantitative estimate of drug-likeness (QED) is 0.890. The van der Waals surface area contributed by atoms with Gasteiger partial charge in [-0.15, -0.1) is 17.5 Å². The van der Waals surface area contributed by atoms with Crippen LogP contribution in [0.1, 0.15) is 42.1 Å². The standard InChI is InChI=1S/C18H22FN5O.ClH/c1-11-20-17(22-24(11)15-7-3-12(19)4-8-15)18(25)23(2)16-9-13-5-6-14(10-16)21-13;/h3-4,7-8,13-14,16,21H,5-6,9-10H2,1-2H3;1H. The van der Waals surface area contributed by atoms with Gasteiger partial charge >= 0.3 is 0 Å². The normalized spacial score (nSPS) is 24.2. The number of amides is 1. The van der Waals surface area contributed by atoms with Gasteiger partial charge in [-0.25, -0.2) is 14.1 Å². The smallest absolute Gasteiger partial charge is 0.293 e. The number of aryl methyl sites for hydroxylation is 1. The fraction of sp³-hybridized carbons (Fsp3) is 0.500. The summed E-state index contributed by atoms with van der Waals surface area (Å²) in [6.07, 6.45) is 4.35. The summed E-state index contributed by atoms with van der Waals surface area (Å²) >= 11 is 0. The van der Waals surface area contributed by atoms with Crippen LogP contribution in [0.3, 0.4) is 0 Å². The van der Waals surface area contributed by atoms with E-state index in [-0.39, 0.29) is 36.0 Å². The molecule has 0 aliphatic carbocycles. The molecule has 0 spiro atoms. The molecule has 3 heterocycles. The summed E-state index contributed by atoms with van der Waals surface area (Å²) in [6.45, 7) is 1.79. The molecule has 26 heavy (non-hydrogen) atoms. The molecule has 2 aliphatic rings. The van der Waals surface area contributed by atoms with Crippen LogP contribution in [0, 0.1) is 12.7 Å². The molecule has 2 aliphatic heterocycles. The largest absolute Gasteiger partial charge is 0.336 e. The van der Waals surface area contributed by atoms with Crippen LogP contribution in [0.5, 0.6) is 0 Å². The van der Waals surface area contributed by atoms with Crippen LogP contribution in [0.2, 0.25) is 0 Å². The molecule has 4 rings (SSSR count). The van der Waals surface area contributed by atoms with Crippen LogP contribution >= 0.6 is 12.4 Å².